The van der Waals surface area contributed by atoms with Crippen LogP contribution in [-0.2, 0) is 32.3 Å². The van der Waals surface area contributed by atoms with Gasteiger partial charge in [0.1, 0.15) is 12.6 Å². The van der Waals surface area contributed by atoms with Gasteiger partial charge in [0.05, 0.1) is 16.1 Å². The van der Waals surface area contributed by atoms with Crippen molar-refractivity contribution in [3.63, 3.8) is 0 Å². The van der Waals surface area contributed by atoms with Gasteiger partial charge in [-0.1, -0.05) is 67.4 Å². The standard InChI is InChI=1S/C32H38F3N3O4S/c1-6-24(5)36-31(40)29(7-2)37(20-25-11-8-10-23(4)18-25)30(39)21-38(27-13-9-12-26(19-27)32(33,34)35)43(41,42)28-16-14-22(3)15-17-28/h8-19,24,29H,6-7,20-21H2,1-5H3,(H,36,40)/t24-,29+/m1/s1. The summed E-state index contributed by atoms with van der Waals surface area (Å²) in [5.41, 5.74) is 1.04. The summed E-state index contributed by atoms with van der Waals surface area (Å²) >= 11 is 0. The zero-order valence-corrected chi connectivity index (χ0v) is 25.8. The molecule has 0 bridgehead atoms. The zero-order chi connectivity index (χ0) is 31.9. The average molecular weight is 618 g/mol. The second kappa shape index (κ2) is 14.1. The number of nitrogens with one attached hydrogen (secondary N) is 1. The van der Waals surface area contributed by atoms with Gasteiger partial charge in [0.2, 0.25) is 11.8 Å². The SMILES string of the molecule is CC[C@@H](C)NC(=O)[C@H](CC)N(Cc1cccc(C)c1)C(=O)CN(c1cccc(C(F)(F)F)c1)S(=O)(=O)c1ccc(C)cc1. The van der Waals surface area contributed by atoms with Crippen molar-refractivity contribution in [1.82, 2.24) is 10.2 Å². The van der Waals surface area contributed by atoms with Crippen molar-refractivity contribution in [3.05, 3.63) is 95.1 Å². The lowest BCUT2D eigenvalue weighted by atomic mass is 10.1. The van der Waals surface area contributed by atoms with Gasteiger partial charge in [-0.05, 0) is 69.5 Å². The fraction of sp³-hybridized carbons (Fsp3) is 0.375. The smallest absolute Gasteiger partial charge is 0.352 e. The molecule has 0 aliphatic heterocycles. The van der Waals surface area contributed by atoms with Crippen LogP contribution in [0.1, 0.15) is 55.9 Å². The highest BCUT2D eigenvalue weighted by atomic mass is 32.2. The molecule has 0 aliphatic rings. The van der Waals surface area contributed by atoms with Crippen LogP contribution >= 0.6 is 0 Å². The number of sulfonamides is 1. The monoisotopic (exact) mass is 617 g/mol. The normalized spacial score (nSPS) is 13.2. The van der Waals surface area contributed by atoms with Crippen molar-refractivity contribution >= 4 is 27.5 Å². The summed E-state index contributed by atoms with van der Waals surface area (Å²) in [6.45, 7) is 8.30. The summed E-state index contributed by atoms with van der Waals surface area (Å²) in [6.07, 6.45) is -3.85. The van der Waals surface area contributed by atoms with E-state index in [9.17, 15) is 31.2 Å². The molecule has 0 saturated carbocycles. The summed E-state index contributed by atoms with van der Waals surface area (Å²) in [4.78, 5) is 28.6. The lowest BCUT2D eigenvalue weighted by Crippen LogP contribution is -2.53. The topological polar surface area (TPSA) is 86.8 Å². The second-order valence-electron chi connectivity index (χ2n) is 10.6. The molecule has 0 saturated heterocycles. The first-order chi connectivity index (χ1) is 20.2. The van der Waals surface area contributed by atoms with E-state index in [0.29, 0.717) is 16.8 Å². The van der Waals surface area contributed by atoms with Crippen LogP contribution in [0.15, 0.2) is 77.7 Å². The molecule has 0 heterocycles. The van der Waals surface area contributed by atoms with Crippen molar-refractivity contribution in [3.8, 4) is 0 Å². The van der Waals surface area contributed by atoms with Crippen molar-refractivity contribution < 1.29 is 31.2 Å². The van der Waals surface area contributed by atoms with Crippen LogP contribution in [0.5, 0.6) is 0 Å². The molecule has 11 heteroatoms. The first-order valence-electron chi connectivity index (χ1n) is 14.1. The van der Waals surface area contributed by atoms with E-state index in [1.165, 1.54) is 23.1 Å². The van der Waals surface area contributed by atoms with Gasteiger partial charge in [0.15, 0.2) is 0 Å². The van der Waals surface area contributed by atoms with Gasteiger partial charge in [0, 0.05) is 12.6 Å². The summed E-state index contributed by atoms with van der Waals surface area (Å²) in [5.74, 6) is -1.13. The van der Waals surface area contributed by atoms with Crippen LogP contribution in [0, 0.1) is 13.8 Å². The maximum absolute atomic E-state index is 14.1. The quantitative estimate of drug-likeness (QED) is 0.261. The number of anilines is 1. The lowest BCUT2D eigenvalue weighted by molar-refractivity contribution is -0.140. The predicted molar refractivity (Wildman–Crippen MR) is 161 cm³/mol. The highest BCUT2D eigenvalue weighted by molar-refractivity contribution is 7.92. The summed E-state index contributed by atoms with van der Waals surface area (Å²) in [5, 5.41) is 2.89. The third kappa shape index (κ3) is 8.59. The molecule has 3 aromatic carbocycles. The number of hydrogen-bond donors (Lipinski definition) is 1. The highest BCUT2D eigenvalue weighted by Crippen LogP contribution is 2.33. The Labute approximate surface area is 251 Å². The van der Waals surface area contributed by atoms with E-state index >= 15 is 0 Å². The zero-order valence-electron chi connectivity index (χ0n) is 25.0. The van der Waals surface area contributed by atoms with E-state index in [1.54, 1.807) is 32.0 Å². The number of nitrogens with zero attached hydrogens (tertiary/aromatic N) is 2. The van der Waals surface area contributed by atoms with Gasteiger partial charge in [-0.15, -0.1) is 0 Å². The predicted octanol–water partition coefficient (Wildman–Crippen LogP) is 6.24. The fourth-order valence-electron chi connectivity index (χ4n) is 4.57. The second-order valence-corrected chi connectivity index (χ2v) is 12.5. The molecule has 2 atom stereocenters. The van der Waals surface area contributed by atoms with E-state index in [0.717, 1.165) is 28.8 Å². The van der Waals surface area contributed by atoms with E-state index in [4.69, 9.17) is 0 Å². The Morgan fingerprint density at radius 2 is 1.53 bits per heavy atom. The van der Waals surface area contributed by atoms with Crippen LogP contribution in [0.2, 0.25) is 0 Å². The minimum absolute atomic E-state index is 0.00600. The van der Waals surface area contributed by atoms with E-state index in [1.807, 2.05) is 39.0 Å². The molecule has 1 N–H and O–H groups in total. The molecular formula is C32H38F3N3O4S. The number of aryl methyl sites for hydroxylation is 2. The summed E-state index contributed by atoms with van der Waals surface area (Å²) < 4.78 is 69.5. The molecule has 232 valence electrons. The maximum atomic E-state index is 14.1. The van der Waals surface area contributed by atoms with Crippen LogP contribution < -0.4 is 9.62 Å². The van der Waals surface area contributed by atoms with Crippen LogP contribution in [0.4, 0.5) is 18.9 Å². The van der Waals surface area contributed by atoms with Crippen LogP contribution in [-0.4, -0.2) is 43.8 Å². The van der Waals surface area contributed by atoms with Gasteiger partial charge in [-0.25, -0.2) is 8.42 Å². The van der Waals surface area contributed by atoms with Crippen LogP contribution in [0.25, 0.3) is 0 Å². The minimum atomic E-state index is -4.74. The van der Waals surface area contributed by atoms with E-state index < -0.39 is 46.2 Å². The third-order valence-electron chi connectivity index (χ3n) is 7.17. The Morgan fingerprint density at radius 1 is 0.884 bits per heavy atom. The molecule has 0 radical (unpaired) electrons. The third-order valence-corrected chi connectivity index (χ3v) is 8.96. The van der Waals surface area contributed by atoms with Crippen molar-refractivity contribution in [2.45, 2.75) is 77.2 Å². The maximum Gasteiger partial charge on any atom is 0.416 e. The molecular weight excluding hydrogens is 579 g/mol. The molecule has 0 aromatic heterocycles. The Kier molecular flexibility index (Phi) is 11.0. The lowest BCUT2D eigenvalue weighted by Gasteiger charge is -2.34. The van der Waals surface area contributed by atoms with Gasteiger partial charge in [-0.3, -0.25) is 13.9 Å². The molecule has 0 aliphatic carbocycles. The highest BCUT2D eigenvalue weighted by Gasteiger charge is 2.36. The number of rotatable bonds is 12. The fourth-order valence-corrected chi connectivity index (χ4v) is 5.98. The summed E-state index contributed by atoms with van der Waals surface area (Å²) in [6, 6.07) is 15.9. The first kappa shape index (κ1) is 33.6. The number of alkyl halides is 3. The molecule has 0 fully saturated rings. The van der Waals surface area contributed by atoms with Gasteiger partial charge in [0.25, 0.3) is 10.0 Å². The van der Waals surface area contributed by atoms with Gasteiger partial charge in [-0.2, -0.15) is 13.2 Å². The molecule has 2 amide bonds. The Bertz CT molecular complexity index is 1530. The molecule has 0 spiro atoms. The van der Waals surface area contributed by atoms with Crippen molar-refractivity contribution in [1.29, 1.82) is 0 Å². The Hall–Kier alpha value is -3.86. The number of halogens is 3. The Balaban J connectivity index is 2.12. The Morgan fingerprint density at radius 3 is 2.12 bits per heavy atom. The molecule has 0 unspecified atom stereocenters. The van der Waals surface area contributed by atoms with Gasteiger partial charge < -0.3 is 10.2 Å². The number of hydrogen-bond acceptors (Lipinski definition) is 4. The molecule has 3 rings (SSSR count). The largest absolute Gasteiger partial charge is 0.416 e. The van der Waals surface area contributed by atoms with Crippen LogP contribution in [0.3, 0.4) is 0 Å². The number of carbonyl (C=O) groups is 2. The molecule has 3 aromatic rings. The average Bonchev–Trinajstić information content (AvgIpc) is 2.95. The molecule has 7 nitrogen and oxygen atoms in total. The van der Waals surface area contributed by atoms with E-state index in [2.05, 4.69) is 5.32 Å². The molecule has 43 heavy (non-hydrogen) atoms. The van der Waals surface area contributed by atoms with E-state index in [-0.39, 0.29) is 29.6 Å². The number of benzene rings is 3. The van der Waals surface area contributed by atoms with Crippen molar-refractivity contribution in [2.24, 2.45) is 0 Å². The summed E-state index contributed by atoms with van der Waals surface area (Å²) in [7, 11) is -4.50. The van der Waals surface area contributed by atoms with Gasteiger partial charge >= 0.3 is 6.18 Å². The number of amides is 2. The van der Waals surface area contributed by atoms with Crippen molar-refractivity contribution in [2.75, 3.05) is 10.8 Å². The minimum Gasteiger partial charge on any atom is -0.352 e. The first-order valence-corrected chi connectivity index (χ1v) is 15.5. The number of carbonyl (C=O) groups excluding carboxylic acids is 2.